The summed E-state index contributed by atoms with van der Waals surface area (Å²) < 4.78 is 6.10. The van der Waals surface area contributed by atoms with E-state index in [4.69, 9.17) is 14.4 Å². The summed E-state index contributed by atoms with van der Waals surface area (Å²) in [4.78, 5) is 11.4. The Bertz CT molecular complexity index is 992. The maximum absolute atomic E-state index is 6.10. The van der Waals surface area contributed by atoms with E-state index in [2.05, 4.69) is 83.0 Å². The van der Waals surface area contributed by atoms with Gasteiger partial charge in [-0.05, 0) is 69.0 Å². The fraction of sp³-hybridized carbons (Fsp3) is 0.417. The first-order valence-corrected chi connectivity index (χ1v) is 10.1. The summed E-state index contributed by atoms with van der Waals surface area (Å²) in [5, 5.41) is 8.64. The summed E-state index contributed by atoms with van der Waals surface area (Å²) in [6.07, 6.45) is -0.968. The lowest BCUT2D eigenvalue weighted by Gasteiger charge is -2.20. The standard InChI is InChI=1S/C24H28N2O3/c1-12-8-14(3)19(15(4)9-12)21-18(7)22(28-25-21)24-27-23(26-29-24)20-16(5)10-13(2)11-17(20)6/h8-11,18,22,24H,1-7H3/t18-,22+,24-/m1/s1. The molecule has 0 saturated carbocycles. The fourth-order valence-electron chi connectivity index (χ4n) is 4.59. The topological polar surface area (TPSA) is 52.4 Å². The predicted molar refractivity (Wildman–Crippen MR) is 114 cm³/mol. The molecule has 0 fully saturated rings. The predicted octanol–water partition coefficient (Wildman–Crippen LogP) is 5.01. The largest absolute Gasteiger partial charge is 0.429 e. The third kappa shape index (κ3) is 3.39. The number of aryl methyl sites for hydroxylation is 6. The van der Waals surface area contributed by atoms with E-state index in [0.717, 1.165) is 28.0 Å². The van der Waals surface area contributed by atoms with Crippen LogP contribution in [-0.2, 0) is 14.4 Å². The molecule has 5 heteroatoms. The molecule has 2 aliphatic rings. The van der Waals surface area contributed by atoms with Crippen molar-refractivity contribution in [2.45, 2.75) is 60.9 Å². The van der Waals surface area contributed by atoms with Gasteiger partial charge in [-0.3, -0.25) is 0 Å². The number of ether oxygens (including phenoxy) is 1. The Morgan fingerprint density at radius 2 is 1.21 bits per heavy atom. The summed E-state index contributed by atoms with van der Waals surface area (Å²) in [7, 11) is 0. The zero-order valence-corrected chi connectivity index (χ0v) is 18.2. The van der Waals surface area contributed by atoms with Crippen LogP contribution in [0.1, 0.15) is 51.4 Å². The summed E-state index contributed by atoms with van der Waals surface area (Å²) in [5.74, 6) is 0.534. The summed E-state index contributed by atoms with van der Waals surface area (Å²) >= 11 is 0. The number of nitrogens with zero attached hydrogens (tertiary/aromatic N) is 2. The van der Waals surface area contributed by atoms with E-state index in [1.165, 1.54) is 22.3 Å². The Balaban J connectivity index is 1.53. The van der Waals surface area contributed by atoms with Crippen LogP contribution in [0.3, 0.4) is 0 Å². The molecule has 0 spiro atoms. The van der Waals surface area contributed by atoms with E-state index in [-0.39, 0.29) is 12.0 Å². The Morgan fingerprint density at radius 3 is 1.76 bits per heavy atom. The third-order valence-electron chi connectivity index (χ3n) is 5.76. The van der Waals surface area contributed by atoms with Gasteiger partial charge in [-0.15, -0.1) is 0 Å². The molecule has 0 bridgehead atoms. The van der Waals surface area contributed by atoms with Crippen LogP contribution in [0.4, 0.5) is 0 Å². The monoisotopic (exact) mass is 392 g/mol. The molecular weight excluding hydrogens is 364 g/mol. The van der Waals surface area contributed by atoms with Crippen LogP contribution in [0.5, 0.6) is 0 Å². The van der Waals surface area contributed by atoms with Crippen LogP contribution in [-0.4, -0.2) is 24.0 Å². The van der Waals surface area contributed by atoms with E-state index in [9.17, 15) is 0 Å². The molecule has 0 amide bonds. The molecule has 0 radical (unpaired) electrons. The maximum Gasteiger partial charge on any atom is 0.307 e. The lowest BCUT2D eigenvalue weighted by molar-refractivity contribution is -0.145. The SMILES string of the molecule is Cc1cc(C)c(C2=NO[C@H]([C@H]3ON=C(c4c(C)cc(C)cc4C)[C@H]3C)O2)c(C)c1. The molecule has 5 nitrogen and oxygen atoms in total. The average molecular weight is 392 g/mol. The highest BCUT2D eigenvalue weighted by Gasteiger charge is 2.44. The Hall–Kier alpha value is -2.82. The first-order valence-electron chi connectivity index (χ1n) is 10.1. The van der Waals surface area contributed by atoms with E-state index in [0.29, 0.717) is 5.90 Å². The van der Waals surface area contributed by atoms with Crippen LogP contribution in [0.25, 0.3) is 0 Å². The Labute approximate surface area is 172 Å². The molecule has 0 aliphatic carbocycles. The summed E-state index contributed by atoms with van der Waals surface area (Å²) in [6, 6.07) is 8.61. The molecule has 0 N–H and O–H groups in total. The van der Waals surface area contributed by atoms with Crippen LogP contribution in [0.15, 0.2) is 34.6 Å². The molecule has 152 valence electrons. The van der Waals surface area contributed by atoms with E-state index < -0.39 is 6.29 Å². The minimum Gasteiger partial charge on any atom is -0.429 e. The minimum atomic E-state index is -0.618. The second kappa shape index (κ2) is 7.21. The number of oxime groups is 2. The van der Waals surface area contributed by atoms with Crippen LogP contribution in [0.2, 0.25) is 0 Å². The van der Waals surface area contributed by atoms with Gasteiger partial charge in [0.05, 0.1) is 5.71 Å². The van der Waals surface area contributed by atoms with Gasteiger partial charge in [0.15, 0.2) is 0 Å². The molecule has 3 atom stereocenters. The second-order valence-corrected chi connectivity index (χ2v) is 8.37. The third-order valence-corrected chi connectivity index (χ3v) is 5.76. The highest BCUT2D eigenvalue weighted by molar-refractivity contribution is 6.05. The summed E-state index contributed by atoms with van der Waals surface area (Å²) in [6.45, 7) is 14.7. The van der Waals surface area contributed by atoms with Crippen LogP contribution >= 0.6 is 0 Å². The maximum atomic E-state index is 6.10. The fourth-order valence-corrected chi connectivity index (χ4v) is 4.59. The van der Waals surface area contributed by atoms with Gasteiger partial charge in [0, 0.05) is 17.0 Å². The van der Waals surface area contributed by atoms with Crippen molar-refractivity contribution in [1.82, 2.24) is 0 Å². The highest BCUT2D eigenvalue weighted by atomic mass is 16.8. The molecule has 2 aromatic rings. The van der Waals surface area contributed by atoms with Crippen molar-refractivity contribution >= 4 is 11.6 Å². The number of hydrogen-bond donors (Lipinski definition) is 0. The van der Waals surface area contributed by atoms with E-state index in [1.54, 1.807) is 0 Å². The van der Waals surface area contributed by atoms with Crippen molar-refractivity contribution in [3.63, 3.8) is 0 Å². The molecule has 0 unspecified atom stereocenters. The van der Waals surface area contributed by atoms with E-state index >= 15 is 0 Å². The Kier molecular flexibility index (Phi) is 4.85. The molecule has 2 heterocycles. The quantitative estimate of drug-likeness (QED) is 0.738. The van der Waals surface area contributed by atoms with Gasteiger partial charge in [-0.1, -0.05) is 47.5 Å². The van der Waals surface area contributed by atoms with Gasteiger partial charge in [-0.2, -0.15) is 0 Å². The lowest BCUT2D eigenvalue weighted by Crippen LogP contribution is -2.35. The minimum absolute atomic E-state index is 0.0230. The van der Waals surface area contributed by atoms with Gasteiger partial charge < -0.3 is 14.4 Å². The smallest absolute Gasteiger partial charge is 0.307 e. The molecule has 29 heavy (non-hydrogen) atoms. The van der Waals surface area contributed by atoms with Gasteiger partial charge in [0.25, 0.3) is 5.90 Å². The van der Waals surface area contributed by atoms with Crippen molar-refractivity contribution in [2.24, 2.45) is 16.2 Å². The molecular formula is C24H28N2O3. The van der Waals surface area contributed by atoms with Gasteiger partial charge in [0.2, 0.25) is 6.10 Å². The van der Waals surface area contributed by atoms with Gasteiger partial charge in [0.1, 0.15) is 0 Å². The summed E-state index contributed by atoms with van der Waals surface area (Å²) in [5.41, 5.74) is 10.2. The average Bonchev–Trinajstić information content (AvgIpc) is 3.21. The Morgan fingerprint density at radius 1 is 0.690 bits per heavy atom. The van der Waals surface area contributed by atoms with Crippen molar-refractivity contribution in [1.29, 1.82) is 0 Å². The molecule has 2 aliphatic heterocycles. The van der Waals surface area contributed by atoms with Crippen molar-refractivity contribution < 1.29 is 14.4 Å². The molecule has 4 rings (SSSR count). The van der Waals surface area contributed by atoms with Crippen molar-refractivity contribution in [2.75, 3.05) is 0 Å². The molecule has 0 aromatic heterocycles. The zero-order chi connectivity index (χ0) is 20.9. The number of hydrogen-bond acceptors (Lipinski definition) is 5. The molecule has 0 saturated heterocycles. The van der Waals surface area contributed by atoms with Crippen molar-refractivity contribution in [3.8, 4) is 0 Å². The van der Waals surface area contributed by atoms with Crippen LogP contribution < -0.4 is 0 Å². The lowest BCUT2D eigenvalue weighted by atomic mass is 9.88. The second-order valence-electron chi connectivity index (χ2n) is 8.37. The zero-order valence-electron chi connectivity index (χ0n) is 18.2. The first kappa shape index (κ1) is 19.5. The normalized spacial score (nSPS) is 23.2. The number of benzene rings is 2. The van der Waals surface area contributed by atoms with Gasteiger partial charge in [-0.25, -0.2) is 0 Å². The van der Waals surface area contributed by atoms with Gasteiger partial charge >= 0.3 is 6.29 Å². The van der Waals surface area contributed by atoms with Crippen LogP contribution in [0, 0.1) is 47.5 Å². The van der Waals surface area contributed by atoms with Crippen molar-refractivity contribution in [3.05, 3.63) is 68.8 Å². The first-order chi connectivity index (χ1) is 13.8. The van der Waals surface area contributed by atoms with E-state index in [1.807, 2.05) is 0 Å². The molecule has 2 aromatic carbocycles. The number of rotatable bonds is 3. The highest BCUT2D eigenvalue weighted by Crippen LogP contribution is 2.33.